The van der Waals surface area contributed by atoms with Crippen molar-refractivity contribution in [1.82, 2.24) is 16.0 Å². The molecule has 0 spiro atoms. The fraction of sp³-hybridized carbons (Fsp3) is 0.833. The van der Waals surface area contributed by atoms with Crippen LogP contribution in [0.1, 0.15) is 33.6 Å². The second-order valence-electron chi connectivity index (χ2n) is 5.65. The highest BCUT2D eigenvalue weighted by molar-refractivity contribution is 5.86. The van der Waals surface area contributed by atoms with Crippen molar-refractivity contribution < 1.29 is 9.59 Å². The second kappa shape index (κ2) is 7.59. The maximum Gasteiger partial charge on any atom is 0.239 e. The van der Waals surface area contributed by atoms with E-state index in [9.17, 15) is 9.59 Å². The van der Waals surface area contributed by atoms with Gasteiger partial charge in [0.25, 0.3) is 0 Å². The SMILES string of the molecule is CC(C)(C)NC(=O)CNC(=O)CNCC1CC1.Cl. The zero-order chi connectivity index (χ0) is 12.9. The van der Waals surface area contributed by atoms with Crippen LogP contribution in [-0.4, -0.2) is 37.0 Å². The Morgan fingerprint density at radius 3 is 2.22 bits per heavy atom. The maximum atomic E-state index is 11.4. The van der Waals surface area contributed by atoms with Gasteiger partial charge in [-0.3, -0.25) is 9.59 Å². The van der Waals surface area contributed by atoms with E-state index in [-0.39, 0.29) is 36.3 Å². The van der Waals surface area contributed by atoms with Gasteiger partial charge in [0.1, 0.15) is 0 Å². The lowest BCUT2D eigenvalue weighted by atomic mass is 10.1. The Balaban J connectivity index is 0.00000289. The van der Waals surface area contributed by atoms with Crippen molar-refractivity contribution in [2.24, 2.45) is 5.92 Å². The molecule has 0 saturated heterocycles. The molecule has 0 aliphatic heterocycles. The molecular weight excluding hydrogens is 254 g/mol. The zero-order valence-electron chi connectivity index (χ0n) is 11.3. The largest absolute Gasteiger partial charge is 0.350 e. The van der Waals surface area contributed by atoms with Gasteiger partial charge in [-0.05, 0) is 46.1 Å². The Morgan fingerprint density at radius 2 is 1.72 bits per heavy atom. The van der Waals surface area contributed by atoms with E-state index in [1.807, 2.05) is 20.8 Å². The van der Waals surface area contributed by atoms with Crippen molar-refractivity contribution in [3.05, 3.63) is 0 Å². The molecule has 0 unspecified atom stereocenters. The molecular formula is C12H24ClN3O2. The Bertz CT molecular complexity index is 286. The van der Waals surface area contributed by atoms with Gasteiger partial charge in [-0.25, -0.2) is 0 Å². The van der Waals surface area contributed by atoms with Gasteiger partial charge >= 0.3 is 0 Å². The first-order valence-corrected chi connectivity index (χ1v) is 6.15. The third-order valence-electron chi connectivity index (χ3n) is 2.38. The molecule has 5 nitrogen and oxygen atoms in total. The summed E-state index contributed by atoms with van der Waals surface area (Å²) < 4.78 is 0. The number of hydrogen-bond donors (Lipinski definition) is 3. The lowest BCUT2D eigenvalue weighted by Crippen LogP contribution is -2.47. The van der Waals surface area contributed by atoms with Crippen LogP contribution < -0.4 is 16.0 Å². The summed E-state index contributed by atoms with van der Waals surface area (Å²) in [5.41, 5.74) is -0.258. The Labute approximate surface area is 115 Å². The zero-order valence-corrected chi connectivity index (χ0v) is 12.2. The van der Waals surface area contributed by atoms with Gasteiger partial charge in [-0.15, -0.1) is 12.4 Å². The molecule has 1 aliphatic rings. The van der Waals surface area contributed by atoms with Crippen LogP contribution in [0.25, 0.3) is 0 Å². The highest BCUT2D eigenvalue weighted by atomic mass is 35.5. The van der Waals surface area contributed by atoms with Crippen LogP contribution in [0, 0.1) is 5.92 Å². The monoisotopic (exact) mass is 277 g/mol. The first-order valence-electron chi connectivity index (χ1n) is 6.15. The Morgan fingerprint density at radius 1 is 1.11 bits per heavy atom. The van der Waals surface area contributed by atoms with E-state index in [1.54, 1.807) is 0 Å². The number of halogens is 1. The third-order valence-corrected chi connectivity index (χ3v) is 2.38. The van der Waals surface area contributed by atoms with Gasteiger partial charge in [0, 0.05) is 5.54 Å². The van der Waals surface area contributed by atoms with Crippen LogP contribution in [0.2, 0.25) is 0 Å². The average Bonchev–Trinajstić information content (AvgIpc) is 2.96. The summed E-state index contributed by atoms with van der Waals surface area (Å²) >= 11 is 0. The molecule has 0 atom stereocenters. The van der Waals surface area contributed by atoms with Crippen molar-refractivity contribution in [2.45, 2.75) is 39.2 Å². The van der Waals surface area contributed by atoms with Gasteiger partial charge in [0.05, 0.1) is 13.1 Å². The first-order chi connectivity index (χ1) is 7.87. The standard InChI is InChI=1S/C12H23N3O2.ClH/c1-12(2,3)15-11(17)8-14-10(16)7-13-6-9-4-5-9;/h9,13H,4-8H2,1-3H3,(H,14,16)(H,15,17);1H. The highest BCUT2D eigenvalue weighted by Crippen LogP contribution is 2.27. The van der Waals surface area contributed by atoms with Crippen LogP contribution in [0.3, 0.4) is 0 Å². The van der Waals surface area contributed by atoms with Crippen molar-refractivity contribution in [3.63, 3.8) is 0 Å². The van der Waals surface area contributed by atoms with E-state index in [2.05, 4.69) is 16.0 Å². The molecule has 0 radical (unpaired) electrons. The first kappa shape index (κ1) is 17.2. The molecule has 0 aromatic rings. The van der Waals surface area contributed by atoms with E-state index in [4.69, 9.17) is 0 Å². The number of carbonyl (C=O) groups excluding carboxylic acids is 2. The van der Waals surface area contributed by atoms with Crippen molar-refractivity contribution in [2.75, 3.05) is 19.6 Å². The van der Waals surface area contributed by atoms with Gasteiger partial charge in [-0.2, -0.15) is 0 Å². The third kappa shape index (κ3) is 9.24. The van der Waals surface area contributed by atoms with E-state index in [0.29, 0.717) is 6.54 Å². The van der Waals surface area contributed by atoms with Gasteiger partial charge in [0.15, 0.2) is 0 Å². The predicted molar refractivity (Wildman–Crippen MR) is 73.7 cm³/mol. The molecule has 1 aliphatic carbocycles. The molecule has 0 aromatic carbocycles. The summed E-state index contributed by atoms with van der Waals surface area (Å²) in [6.07, 6.45) is 2.53. The number of carbonyl (C=O) groups is 2. The molecule has 1 saturated carbocycles. The predicted octanol–water partition coefficient (Wildman–Crippen LogP) is 0.439. The van der Waals surface area contributed by atoms with E-state index in [1.165, 1.54) is 12.8 Å². The Kier molecular flexibility index (Phi) is 7.25. The normalized spacial score (nSPS) is 14.6. The maximum absolute atomic E-state index is 11.4. The van der Waals surface area contributed by atoms with Gasteiger partial charge < -0.3 is 16.0 Å². The molecule has 2 amide bonds. The van der Waals surface area contributed by atoms with Crippen molar-refractivity contribution in [1.29, 1.82) is 0 Å². The fourth-order valence-corrected chi connectivity index (χ4v) is 1.42. The van der Waals surface area contributed by atoms with Gasteiger partial charge in [0.2, 0.25) is 11.8 Å². The summed E-state index contributed by atoms with van der Waals surface area (Å²) in [5.74, 6) is 0.467. The van der Waals surface area contributed by atoms with Crippen LogP contribution >= 0.6 is 12.4 Å². The minimum atomic E-state index is -0.258. The van der Waals surface area contributed by atoms with Gasteiger partial charge in [-0.1, -0.05) is 0 Å². The minimum absolute atomic E-state index is 0. The number of amides is 2. The lowest BCUT2D eigenvalue weighted by molar-refractivity contribution is -0.126. The minimum Gasteiger partial charge on any atom is -0.350 e. The van der Waals surface area contributed by atoms with Crippen LogP contribution in [0.4, 0.5) is 0 Å². The Hall–Kier alpha value is -0.810. The summed E-state index contributed by atoms with van der Waals surface area (Å²) in [5, 5.41) is 8.45. The smallest absolute Gasteiger partial charge is 0.239 e. The molecule has 3 N–H and O–H groups in total. The summed E-state index contributed by atoms with van der Waals surface area (Å²) in [7, 11) is 0. The fourth-order valence-electron chi connectivity index (χ4n) is 1.42. The molecule has 18 heavy (non-hydrogen) atoms. The molecule has 6 heteroatoms. The highest BCUT2D eigenvalue weighted by Gasteiger charge is 2.20. The van der Waals surface area contributed by atoms with E-state index in [0.717, 1.165) is 12.5 Å². The molecule has 106 valence electrons. The van der Waals surface area contributed by atoms with Crippen molar-refractivity contribution in [3.8, 4) is 0 Å². The lowest BCUT2D eigenvalue weighted by Gasteiger charge is -2.20. The van der Waals surface area contributed by atoms with Crippen LogP contribution in [-0.2, 0) is 9.59 Å². The van der Waals surface area contributed by atoms with E-state index < -0.39 is 0 Å². The van der Waals surface area contributed by atoms with E-state index >= 15 is 0 Å². The summed E-state index contributed by atoms with van der Waals surface area (Å²) in [4.78, 5) is 22.8. The van der Waals surface area contributed by atoms with Crippen LogP contribution in [0.5, 0.6) is 0 Å². The average molecular weight is 278 g/mol. The quantitative estimate of drug-likeness (QED) is 0.660. The molecule has 0 bridgehead atoms. The molecule has 0 heterocycles. The molecule has 1 rings (SSSR count). The number of hydrogen-bond acceptors (Lipinski definition) is 3. The summed E-state index contributed by atoms with van der Waals surface area (Å²) in [6.45, 7) is 6.96. The topological polar surface area (TPSA) is 70.2 Å². The summed E-state index contributed by atoms with van der Waals surface area (Å²) in [6, 6.07) is 0. The van der Waals surface area contributed by atoms with Crippen molar-refractivity contribution >= 4 is 24.2 Å². The second-order valence-corrected chi connectivity index (χ2v) is 5.65. The van der Waals surface area contributed by atoms with Crippen LogP contribution in [0.15, 0.2) is 0 Å². The number of rotatable bonds is 6. The molecule has 0 aromatic heterocycles. The number of nitrogens with one attached hydrogen (secondary N) is 3. The molecule has 1 fully saturated rings.